The van der Waals surface area contributed by atoms with Gasteiger partial charge in [0.15, 0.2) is 11.5 Å². The van der Waals surface area contributed by atoms with E-state index < -0.39 is 18.9 Å². The molecule has 0 spiro atoms. The van der Waals surface area contributed by atoms with Gasteiger partial charge in [-0.15, -0.1) is 5.10 Å². The standard InChI is InChI=1S/C22H25F2N9O/c1-13(34)31-9-7-18(16(24)12-31)27-22-28-21(25-2)20-15(6-10-32(20)30-22)17-3-4-19-26-11-14(5-8-23)33(19)29-17/h3-4,6,10-11,16,18H,5,7-9,12H2,1-2H3,(H2,25,27,28,30)/t16-,18+/m1/s1. The third-order valence-corrected chi connectivity index (χ3v) is 6.11. The van der Waals surface area contributed by atoms with Gasteiger partial charge in [-0.1, -0.05) is 0 Å². The summed E-state index contributed by atoms with van der Waals surface area (Å²) in [4.78, 5) is 21.9. The van der Waals surface area contributed by atoms with Crippen molar-refractivity contribution in [3.05, 3.63) is 36.3 Å². The summed E-state index contributed by atoms with van der Waals surface area (Å²) in [5, 5.41) is 15.4. The van der Waals surface area contributed by atoms with Crippen molar-refractivity contribution in [1.82, 2.24) is 34.1 Å². The molecule has 1 amide bonds. The molecule has 1 fully saturated rings. The minimum atomic E-state index is -1.22. The normalized spacial score (nSPS) is 18.5. The van der Waals surface area contributed by atoms with Gasteiger partial charge in [-0.25, -0.2) is 18.4 Å². The number of alkyl halides is 2. The average molecular weight is 470 g/mol. The molecule has 5 rings (SSSR count). The fourth-order valence-electron chi connectivity index (χ4n) is 4.32. The van der Waals surface area contributed by atoms with Crippen LogP contribution in [0, 0.1) is 0 Å². The first kappa shape index (κ1) is 22.0. The molecule has 5 heterocycles. The summed E-state index contributed by atoms with van der Waals surface area (Å²) >= 11 is 0. The third kappa shape index (κ3) is 3.88. The maximum Gasteiger partial charge on any atom is 0.243 e. The third-order valence-electron chi connectivity index (χ3n) is 6.11. The van der Waals surface area contributed by atoms with Crippen LogP contribution in [0.2, 0.25) is 0 Å². The van der Waals surface area contributed by atoms with E-state index in [0.717, 1.165) is 5.56 Å². The van der Waals surface area contributed by atoms with Crippen LogP contribution in [0.25, 0.3) is 22.4 Å². The van der Waals surface area contributed by atoms with Gasteiger partial charge >= 0.3 is 0 Å². The molecule has 0 radical (unpaired) electrons. The SMILES string of the molecule is CNc1nc(N[C@H]2CCN(C(C)=O)C[C@H]2F)nn2ccc(-c3ccc4ncc(CCF)n4n3)c12. The Labute approximate surface area is 194 Å². The zero-order chi connectivity index (χ0) is 23.8. The summed E-state index contributed by atoms with van der Waals surface area (Å²) in [7, 11) is 1.75. The van der Waals surface area contributed by atoms with E-state index in [4.69, 9.17) is 0 Å². The lowest BCUT2D eigenvalue weighted by atomic mass is 10.0. The van der Waals surface area contributed by atoms with Crippen molar-refractivity contribution in [2.45, 2.75) is 32.0 Å². The number of piperidine rings is 1. The number of amides is 1. The Morgan fingerprint density at radius 2 is 2.12 bits per heavy atom. The van der Waals surface area contributed by atoms with Gasteiger partial charge in [-0.2, -0.15) is 10.1 Å². The molecule has 1 aliphatic rings. The number of hydrogen-bond donors (Lipinski definition) is 2. The molecule has 0 saturated carbocycles. The van der Waals surface area contributed by atoms with E-state index >= 15 is 0 Å². The maximum atomic E-state index is 14.7. The van der Waals surface area contributed by atoms with Crippen LogP contribution < -0.4 is 10.6 Å². The lowest BCUT2D eigenvalue weighted by molar-refractivity contribution is -0.131. The van der Waals surface area contributed by atoms with Gasteiger partial charge in [0.05, 0.1) is 36.8 Å². The second-order valence-corrected chi connectivity index (χ2v) is 8.25. The molecule has 0 aliphatic carbocycles. The number of likely N-dealkylation sites (tertiary alicyclic amines) is 1. The quantitative estimate of drug-likeness (QED) is 0.447. The van der Waals surface area contributed by atoms with Crippen LogP contribution in [0.4, 0.5) is 20.5 Å². The van der Waals surface area contributed by atoms with Crippen LogP contribution in [-0.4, -0.2) is 79.0 Å². The summed E-state index contributed by atoms with van der Waals surface area (Å²) in [6.45, 7) is 1.49. The van der Waals surface area contributed by atoms with Gasteiger partial charge in [-0.3, -0.25) is 9.18 Å². The van der Waals surface area contributed by atoms with E-state index in [-0.39, 0.29) is 24.8 Å². The van der Waals surface area contributed by atoms with Gasteiger partial charge in [0.25, 0.3) is 0 Å². The zero-order valence-corrected chi connectivity index (χ0v) is 18.9. The highest BCUT2D eigenvalue weighted by Gasteiger charge is 2.31. The minimum absolute atomic E-state index is 0.0502. The van der Waals surface area contributed by atoms with Gasteiger partial charge in [0.2, 0.25) is 11.9 Å². The number of anilines is 2. The van der Waals surface area contributed by atoms with E-state index in [1.54, 1.807) is 28.5 Å². The molecule has 0 bridgehead atoms. The lowest BCUT2D eigenvalue weighted by Crippen LogP contribution is -2.49. The Hall–Kier alpha value is -3.83. The largest absolute Gasteiger partial charge is 0.371 e. The van der Waals surface area contributed by atoms with Gasteiger partial charge in [-0.05, 0) is 24.6 Å². The molecule has 12 heteroatoms. The van der Waals surface area contributed by atoms with Crippen LogP contribution in [0.15, 0.2) is 30.6 Å². The molecule has 34 heavy (non-hydrogen) atoms. The second kappa shape index (κ2) is 8.84. The van der Waals surface area contributed by atoms with Crippen molar-refractivity contribution in [2.75, 3.05) is 37.4 Å². The van der Waals surface area contributed by atoms with Crippen molar-refractivity contribution < 1.29 is 13.6 Å². The van der Waals surface area contributed by atoms with Crippen molar-refractivity contribution in [1.29, 1.82) is 0 Å². The molecule has 10 nitrogen and oxygen atoms in total. The lowest BCUT2D eigenvalue weighted by Gasteiger charge is -2.34. The Morgan fingerprint density at radius 1 is 1.26 bits per heavy atom. The van der Waals surface area contributed by atoms with Crippen LogP contribution in [0.1, 0.15) is 19.0 Å². The Kier molecular flexibility index (Phi) is 5.72. The fraction of sp³-hybridized carbons (Fsp3) is 0.409. The number of aromatic nitrogens is 6. The van der Waals surface area contributed by atoms with Crippen molar-refractivity contribution >= 4 is 28.8 Å². The molecule has 0 unspecified atom stereocenters. The summed E-state index contributed by atoms with van der Waals surface area (Å²) < 4.78 is 30.9. The zero-order valence-electron chi connectivity index (χ0n) is 18.9. The molecule has 1 aliphatic heterocycles. The van der Waals surface area contributed by atoms with E-state index in [1.807, 2.05) is 18.2 Å². The van der Waals surface area contributed by atoms with E-state index in [1.165, 1.54) is 11.8 Å². The average Bonchev–Trinajstić information content (AvgIpc) is 3.44. The summed E-state index contributed by atoms with van der Waals surface area (Å²) in [5.41, 5.74) is 3.49. The monoisotopic (exact) mass is 469 g/mol. The Bertz CT molecular complexity index is 1350. The molecule has 178 valence electrons. The number of rotatable bonds is 6. The molecule has 2 atom stereocenters. The van der Waals surface area contributed by atoms with Crippen molar-refractivity contribution in [2.24, 2.45) is 0 Å². The number of carbonyl (C=O) groups excluding carboxylic acids is 1. The number of aryl methyl sites for hydroxylation is 1. The predicted octanol–water partition coefficient (Wildman–Crippen LogP) is 2.36. The maximum absolute atomic E-state index is 14.7. The fourth-order valence-corrected chi connectivity index (χ4v) is 4.32. The Morgan fingerprint density at radius 3 is 2.85 bits per heavy atom. The predicted molar refractivity (Wildman–Crippen MR) is 123 cm³/mol. The van der Waals surface area contributed by atoms with Crippen molar-refractivity contribution in [3.8, 4) is 11.3 Å². The van der Waals surface area contributed by atoms with Gasteiger partial charge < -0.3 is 15.5 Å². The molecule has 4 aromatic heterocycles. The van der Waals surface area contributed by atoms with Crippen LogP contribution >= 0.6 is 0 Å². The topological polar surface area (TPSA) is 105 Å². The first-order valence-corrected chi connectivity index (χ1v) is 11.1. The molecule has 0 aromatic carbocycles. The van der Waals surface area contributed by atoms with E-state index in [9.17, 15) is 13.6 Å². The van der Waals surface area contributed by atoms with E-state index in [2.05, 4.69) is 30.8 Å². The second-order valence-electron chi connectivity index (χ2n) is 8.25. The highest BCUT2D eigenvalue weighted by Crippen LogP contribution is 2.29. The molecule has 2 N–H and O–H groups in total. The van der Waals surface area contributed by atoms with Gasteiger partial charge in [0.1, 0.15) is 11.7 Å². The molecular weight excluding hydrogens is 444 g/mol. The summed E-state index contributed by atoms with van der Waals surface area (Å²) in [6.07, 6.45) is 2.88. The number of nitrogens with zero attached hydrogens (tertiary/aromatic N) is 7. The number of carbonyl (C=O) groups is 1. The molecule has 1 saturated heterocycles. The molecule has 4 aromatic rings. The number of hydrogen-bond acceptors (Lipinski definition) is 7. The van der Waals surface area contributed by atoms with Crippen LogP contribution in [0.5, 0.6) is 0 Å². The van der Waals surface area contributed by atoms with Crippen molar-refractivity contribution in [3.63, 3.8) is 0 Å². The summed E-state index contributed by atoms with van der Waals surface area (Å²) in [5.74, 6) is 0.701. The van der Waals surface area contributed by atoms with Crippen LogP contribution in [-0.2, 0) is 11.2 Å². The first-order chi connectivity index (χ1) is 16.5. The minimum Gasteiger partial charge on any atom is -0.371 e. The highest BCUT2D eigenvalue weighted by molar-refractivity contribution is 5.87. The number of nitrogens with one attached hydrogen (secondary N) is 2. The van der Waals surface area contributed by atoms with Crippen LogP contribution in [0.3, 0.4) is 0 Å². The van der Waals surface area contributed by atoms with E-state index in [0.29, 0.717) is 41.3 Å². The number of halogens is 2. The number of fused-ring (bicyclic) bond motifs is 2. The first-order valence-electron chi connectivity index (χ1n) is 11.1. The summed E-state index contributed by atoms with van der Waals surface area (Å²) in [6, 6.07) is 5.06. The number of imidazole rings is 1. The Balaban J connectivity index is 1.47. The molecular formula is C22H25F2N9O. The smallest absolute Gasteiger partial charge is 0.243 e. The van der Waals surface area contributed by atoms with Gasteiger partial charge in [0, 0.05) is 38.7 Å². The highest BCUT2D eigenvalue weighted by atomic mass is 19.1.